The molecule has 15 nitrogen and oxygen atoms in total. The van der Waals surface area contributed by atoms with Crippen molar-refractivity contribution < 1.29 is 73.2 Å². The minimum absolute atomic E-state index is 0. The molecule has 1 aliphatic carbocycles. The van der Waals surface area contributed by atoms with Crippen molar-refractivity contribution in [1.82, 2.24) is 20.2 Å². The number of methoxy groups -OCH3 is 1. The number of aliphatic hydroxyl groups excluding tert-OH is 1. The van der Waals surface area contributed by atoms with Gasteiger partial charge in [-0.2, -0.15) is 5.10 Å². The molecule has 7 rings (SSSR count). The van der Waals surface area contributed by atoms with Gasteiger partial charge in [0.25, 0.3) is 17.5 Å². The van der Waals surface area contributed by atoms with Crippen LogP contribution in [0, 0.1) is 5.82 Å². The van der Waals surface area contributed by atoms with Crippen LogP contribution in [0.5, 0.6) is 0 Å². The summed E-state index contributed by atoms with van der Waals surface area (Å²) in [7, 11) is 1.21. The summed E-state index contributed by atoms with van der Waals surface area (Å²) in [5.74, 6) is -5.07. The number of carboxylic acids is 2. The quantitative estimate of drug-likeness (QED) is 0.0400. The van der Waals surface area contributed by atoms with Crippen molar-refractivity contribution in [2.75, 3.05) is 36.6 Å². The van der Waals surface area contributed by atoms with Crippen molar-refractivity contribution in [2.45, 2.75) is 48.5 Å². The van der Waals surface area contributed by atoms with E-state index in [-0.39, 0.29) is 74.9 Å². The number of aromatic carboxylic acids is 1. The second-order valence-corrected chi connectivity index (χ2v) is 15.4. The number of pyridine rings is 1. The number of fused-ring (bicyclic) bond motifs is 2. The van der Waals surface area contributed by atoms with Crippen LogP contribution in [0.25, 0.3) is 10.9 Å². The van der Waals surface area contributed by atoms with E-state index in [0.717, 1.165) is 23.8 Å². The molecule has 1 aromatic heterocycles. The molecule has 3 fully saturated rings. The number of anilines is 1. The molecule has 3 aromatic rings. The fourth-order valence-corrected chi connectivity index (χ4v) is 9.60. The maximum atomic E-state index is 15.5. The third-order valence-corrected chi connectivity index (χ3v) is 12.3. The number of carbonyl (C=O) groups is 4. The van der Waals surface area contributed by atoms with Gasteiger partial charge in [0.2, 0.25) is 5.43 Å². The van der Waals surface area contributed by atoms with Crippen molar-refractivity contribution in [2.24, 2.45) is 5.10 Å². The molecule has 4 atom stereocenters. The Bertz CT molecular complexity index is 2190. The van der Waals surface area contributed by atoms with Crippen molar-refractivity contribution in [1.29, 1.82) is 0 Å². The van der Waals surface area contributed by atoms with Gasteiger partial charge in [-0.3, -0.25) is 19.3 Å². The van der Waals surface area contributed by atoms with Gasteiger partial charge in [-0.15, -0.1) is 23.5 Å². The second-order valence-electron chi connectivity index (χ2n) is 13.2. The predicted molar refractivity (Wildman–Crippen MR) is 198 cm³/mol. The van der Waals surface area contributed by atoms with Crippen molar-refractivity contribution in [3.05, 3.63) is 86.1 Å². The number of nitrogens with one attached hydrogen (secondary N) is 2. The van der Waals surface area contributed by atoms with E-state index >= 15 is 4.39 Å². The molecule has 20 heteroatoms. The summed E-state index contributed by atoms with van der Waals surface area (Å²) in [6.45, 7) is 0.738. The number of aromatic nitrogens is 1. The average Bonchev–Trinajstić information content (AvgIpc) is 3.91. The van der Waals surface area contributed by atoms with Crippen LogP contribution < -0.4 is 55.7 Å². The summed E-state index contributed by atoms with van der Waals surface area (Å²) in [5.41, 5.74) is 2.17. The number of rotatable bonds is 13. The van der Waals surface area contributed by atoms with E-state index in [0.29, 0.717) is 36.2 Å². The molecule has 0 radical (unpaired) electrons. The maximum absolute atomic E-state index is 15.5. The number of ether oxygens (including phenoxy) is 1. The fourth-order valence-electron chi connectivity index (χ4n) is 6.97. The Balaban J connectivity index is 0.00000514. The number of β-lactam (4-membered cyclic amide) rings is 1. The van der Waals surface area contributed by atoms with Crippen LogP contribution in [0.3, 0.4) is 0 Å². The second kappa shape index (κ2) is 16.5. The van der Waals surface area contributed by atoms with Gasteiger partial charge in [0, 0.05) is 43.9 Å². The van der Waals surface area contributed by atoms with Crippen molar-refractivity contribution >= 4 is 81.0 Å². The van der Waals surface area contributed by atoms with Gasteiger partial charge in [0.15, 0.2) is 6.10 Å². The molecular formula is C35H33ClFN6NaO9S2. The van der Waals surface area contributed by atoms with Crippen LogP contribution in [0.1, 0.15) is 47.3 Å². The number of carboxylic acid groups (broad SMARTS) is 2. The minimum atomic E-state index is -1.89. The normalized spacial score (nSPS) is 22.7. The number of benzene rings is 2. The number of aliphatic carboxylic acids is 1. The zero-order valence-electron chi connectivity index (χ0n) is 29.5. The number of hydrogen-bond donors (Lipinski definition) is 4. The number of amides is 2. The smallest absolute Gasteiger partial charge is 0.543 e. The Morgan fingerprint density at radius 3 is 2.62 bits per heavy atom. The number of hydrazone groups is 1. The third-order valence-electron chi connectivity index (χ3n) is 9.80. The molecule has 0 spiro atoms. The molecule has 1 saturated carbocycles. The van der Waals surface area contributed by atoms with E-state index in [1.165, 1.54) is 42.4 Å². The molecule has 4 heterocycles. The minimum Gasteiger partial charge on any atom is -0.543 e. The van der Waals surface area contributed by atoms with Gasteiger partial charge < -0.3 is 45.1 Å². The van der Waals surface area contributed by atoms with Crippen LogP contribution in [-0.2, 0) is 19.1 Å². The first-order valence-electron chi connectivity index (χ1n) is 16.8. The first-order chi connectivity index (χ1) is 25.9. The molecule has 4 aliphatic rings. The largest absolute Gasteiger partial charge is 1.00 e. The maximum Gasteiger partial charge on any atom is 1.00 e. The van der Waals surface area contributed by atoms with E-state index in [2.05, 4.69) is 15.8 Å². The summed E-state index contributed by atoms with van der Waals surface area (Å²) >= 11 is 9.13. The van der Waals surface area contributed by atoms with Gasteiger partial charge in [0.1, 0.15) is 16.8 Å². The van der Waals surface area contributed by atoms with Crippen molar-refractivity contribution in [3.8, 4) is 0 Å². The Morgan fingerprint density at radius 1 is 1.24 bits per heavy atom. The Morgan fingerprint density at radius 2 is 1.96 bits per heavy atom. The van der Waals surface area contributed by atoms with E-state index < -0.39 is 57.8 Å². The Kier molecular flexibility index (Phi) is 12.3. The summed E-state index contributed by atoms with van der Waals surface area (Å²) in [6.07, 6.45) is 1.82. The number of thioether (sulfide) groups is 2. The molecule has 2 aromatic carbocycles. The third kappa shape index (κ3) is 7.50. The van der Waals surface area contributed by atoms with Crippen molar-refractivity contribution in [3.63, 3.8) is 0 Å². The van der Waals surface area contributed by atoms with Crippen LogP contribution in [0.4, 0.5) is 10.1 Å². The number of nitrogens with zero attached hydrogens (tertiary/aromatic N) is 4. The first kappa shape index (κ1) is 41.0. The van der Waals surface area contributed by atoms with E-state index in [9.17, 15) is 39.3 Å². The van der Waals surface area contributed by atoms with Crippen LogP contribution >= 0.6 is 35.1 Å². The first-order valence-corrected chi connectivity index (χ1v) is 19.3. The Labute approximate surface area is 348 Å². The van der Waals surface area contributed by atoms with E-state index in [1.807, 2.05) is 0 Å². The number of hydrogen-bond acceptors (Lipinski definition) is 13. The SMILES string of the molecule is COC1(NC(=O)[C@H](O)c2ccccc2)C(=O)N2C(C(=O)[O-])=C(CSC=NNC3CCN(c4c(F)cc5c(=O)c(C(=O)O)cn(C6CC6)c5c4Cl)C3)CSC21.[Na+]. The predicted octanol–water partition coefficient (Wildman–Crippen LogP) is -1.21. The van der Waals surface area contributed by atoms with Crippen LogP contribution in [0.15, 0.2) is 63.8 Å². The summed E-state index contributed by atoms with van der Waals surface area (Å²) < 4.78 is 22.7. The van der Waals surface area contributed by atoms with Gasteiger partial charge >= 0.3 is 35.5 Å². The number of carbonyl (C=O) groups excluding carboxylic acids is 3. The molecule has 4 N–H and O–H groups in total. The van der Waals surface area contributed by atoms with Gasteiger partial charge in [0.05, 0.1) is 44.9 Å². The number of aliphatic hydroxyl groups is 1. The molecule has 284 valence electrons. The summed E-state index contributed by atoms with van der Waals surface area (Å²) in [6, 6.07) is 8.92. The monoisotopic (exact) mass is 822 g/mol. The standard InChI is InChI=1S/C35H34ClFN6O9S2.Na/c1-52-35(39-30(46)28(44)17-5-3-2-4-6-17)33(51)43-25(32(49)50)18(15-54-34(35)43)14-53-16-38-40-19-9-10-41(12-19)27-23(37)11-21-26(24(27)36)42(20-7-8-20)13-22(29(21)45)31(47)48;/h2-6,11,13,16,19-20,28,34,40,44H,7-10,12,14-15H2,1H3,(H,39,46)(H,47,48)(H,49,50);/q;+1/p-1/t19?,28-,34?,35?;/m1./s1. The summed E-state index contributed by atoms with van der Waals surface area (Å²) in [4.78, 5) is 66.0. The topological polar surface area (TPSA) is 206 Å². The summed E-state index contributed by atoms with van der Waals surface area (Å²) in [5, 5.41) is 38.1. The zero-order chi connectivity index (χ0) is 38.5. The molecule has 55 heavy (non-hydrogen) atoms. The molecular weight excluding hydrogens is 790 g/mol. The van der Waals surface area contributed by atoms with Gasteiger partial charge in [-0.05, 0) is 36.5 Å². The molecule has 3 aliphatic heterocycles. The zero-order valence-corrected chi connectivity index (χ0v) is 33.9. The van der Waals surface area contributed by atoms with Crippen LogP contribution in [0.2, 0.25) is 5.02 Å². The van der Waals surface area contributed by atoms with E-state index in [1.54, 1.807) is 39.8 Å². The van der Waals surface area contributed by atoms with Crippen LogP contribution in [-0.4, -0.2) is 97.8 Å². The molecule has 3 unspecified atom stereocenters. The fraction of sp³-hybridized carbons (Fsp3) is 0.371. The average molecular weight is 823 g/mol. The molecule has 2 saturated heterocycles. The van der Waals surface area contributed by atoms with E-state index in [4.69, 9.17) is 16.3 Å². The van der Waals surface area contributed by atoms with Gasteiger partial charge in [-0.1, -0.05) is 41.9 Å². The Hall–Kier alpha value is -3.62. The van der Waals surface area contributed by atoms with Gasteiger partial charge in [-0.25, -0.2) is 9.18 Å². The molecule has 2 amide bonds. The molecule has 0 bridgehead atoms. The number of halogens is 2.